The lowest BCUT2D eigenvalue weighted by Crippen LogP contribution is -2.32. The Bertz CT molecular complexity index is 1080. The molecule has 3 aromatic rings. The molecular weight excluding hydrogens is 397 g/mol. The molecule has 9 heteroatoms. The second-order valence-electron chi connectivity index (χ2n) is 6.92. The van der Waals surface area contributed by atoms with Crippen LogP contribution in [0.3, 0.4) is 0 Å². The number of nitrogens with one attached hydrogen (secondary N) is 1. The number of benzene rings is 1. The predicted molar refractivity (Wildman–Crippen MR) is 108 cm³/mol. The molecule has 0 unspecified atom stereocenters. The molecule has 29 heavy (non-hydrogen) atoms. The molecule has 1 aliphatic heterocycles. The number of aromatic nitrogens is 4. The molecule has 0 radical (unpaired) electrons. The first-order valence-corrected chi connectivity index (χ1v) is 9.94. The summed E-state index contributed by atoms with van der Waals surface area (Å²) in [5.41, 5.74) is 2.11. The molecule has 0 bridgehead atoms. The standard InChI is InChI=1S/C20H21ClFN5O2/c1-2-3-8-27-16-7-9-26(17-11-23-25-19(28)18(17)21)12-15(16)24-20(27)29-14-6-4-5-13(22)10-14/h4-6,10-11H,2-3,7-9,12H2,1H3,(H,25,28). The third-order valence-corrected chi connectivity index (χ3v) is 5.30. The van der Waals surface area contributed by atoms with Crippen LogP contribution in [-0.2, 0) is 19.5 Å². The highest BCUT2D eigenvalue weighted by Gasteiger charge is 2.26. The maximum absolute atomic E-state index is 13.5. The van der Waals surface area contributed by atoms with Crippen LogP contribution in [0.25, 0.3) is 0 Å². The van der Waals surface area contributed by atoms with E-state index in [0.717, 1.165) is 37.2 Å². The maximum atomic E-state index is 13.5. The zero-order valence-corrected chi connectivity index (χ0v) is 16.7. The Balaban J connectivity index is 1.66. The number of aromatic amines is 1. The van der Waals surface area contributed by atoms with Crippen molar-refractivity contribution < 1.29 is 9.13 Å². The van der Waals surface area contributed by atoms with Crippen LogP contribution in [0.2, 0.25) is 5.02 Å². The van der Waals surface area contributed by atoms with Crippen LogP contribution in [0.15, 0.2) is 35.3 Å². The number of hydrogen-bond acceptors (Lipinski definition) is 5. The van der Waals surface area contributed by atoms with Crippen molar-refractivity contribution in [3.05, 3.63) is 63.0 Å². The van der Waals surface area contributed by atoms with Gasteiger partial charge in [0.2, 0.25) is 0 Å². The quantitative estimate of drug-likeness (QED) is 0.658. The second-order valence-corrected chi connectivity index (χ2v) is 7.30. The summed E-state index contributed by atoms with van der Waals surface area (Å²) in [6.45, 7) is 4.06. The van der Waals surface area contributed by atoms with Crippen molar-refractivity contribution in [3.63, 3.8) is 0 Å². The smallest absolute Gasteiger partial charge is 0.302 e. The lowest BCUT2D eigenvalue weighted by Gasteiger charge is -2.28. The van der Waals surface area contributed by atoms with Gasteiger partial charge >= 0.3 is 6.01 Å². The van der Waals surface area contributed by atoms with E-state index in [9.17, 15) is 9.18 Å². The van der Waals surface area contributed by atoms with Crippen molar-refractivity contribution in [2.45, 2.75) is 39.3 Å². The van der Waals surface area contributed by atoms with E-state index in [1.54, 1.807) is 18.3 Å². The summed E-state index contributed by atoms with van der Waals surface area (Å²) < 4.78 is 21.5. The average molecular weight is 418 g/mol. The highest BCUT2D eigenvalue weighted by molar-refractivity contribution is 6.32. The fourth-order valence-electron chi connectivity index (χ4n) is 3.48. The van der Waals surface area contributed by atoms with Gasteiger partial charge in [-0.1, -0.05) is 31.0 Å². The number of H-pyrrole nitrogens is 1. The fourth-order valence-corrected chi connectivity index (χ4v) is 3.69. The Morgan fingerprint density at radius 2 is 2.24 bits per heavy atom. The molecule has 0 atom stereocenters. The summed E-state index contributed by atoms with van der Waals surface area (Å²) in [5, 5.41) is 6.30. The summed E-state index contributed by atoms with van der Waals surface area (Å²) in [5.74, 6) is 0.0466. The largest absolute Gasteiger partial charge is 0.425 e. The van der Waals surface area contributed by atoms with Crippen LogP contribution < -0.4 is 15.2 Å². The lowest BCUT2D eigenvalue weighted by molar-refractivity contribution is 0.400. The molecule has 0 saturated carbocycles. The van der Waals surface area contributed by atoms with Crippen molar-refractivity contribution >= 4 is 17.3 Å². The molecule has 7 nitrogen and oxygen atoms in total. The molecule has 0 spiro atoms. The van der Waals surface area contributed by atoms with Crippen LogP contribution in [0.5, 0.6) is 11.8 Å². The highest BCUT2D eigenvalue weighted by Crippen LogP contribution is 2.31. The Hall–Kier alpha value is -2.87. The van der Waals surface area contributed by atoms with Gasteiger partial charge in [-0.2, -0.15) is 10.1 Å². The van der Waals surface area contributed by atoms with Gasteiger partial charge in [-0.15, -0.1) is 0 Å². The van der Waals surface area contributed by atoms with Crippen LogP contribution in [0, 0.1) is 5.82 Å². The zero-order valence-electron chi connectivity index (χ0n) is 16.0. The molecule has 0 fully saturated rings. The zero-order chi connectivity index (χ0) is 20.4. The van der Waals surface area contributed by atoms with Gasteiger partial charge in [0.05, 0.1) is 24.1 Å². The number of fused-ring (bicyclic) bond motifs is 1. The van der Waals surface area contributed by atoms with Gasteiger partial charge in [-0.05, 0) is 18.6 Å². The SMILES string of the molecule is CCCCn1c(Oc2cccc(F)c2)nc2c1CCN(c1cn[nH]c(=O)c1Cl)C2. The molecule has 1 aliphatic rings. The van der Waals surface area contributed by atoms with Gasteiger partial charge < -0.3 is 9.64 Å². The number of halogens is 2. The van der Waals surface area contributed by atoms with Crippen LogP contribution in [0.1, 0.15) is 31.2 Å². The number of rotatable bonds is 6. The molecule has 0 aliphatic carbocycles. The molecule has 2 aromatic heterocycles. The summed E-state index contributed by atoms with van der Waals surface area (Å²) in [6, 6.07) is 6.47. The number of ether oxygens (including phenoxy) is 1. The Morgan fingerprint density at radius 3 is 3.03 bits per heavy atom. The van der Waals surface area contributed by atoms with Gasteiger partial charge in [0, 0.05) is 31.3 Å². The molecule has 152 valence electrons. The number of nitrogens with zero attached hydrogens (tertiary/aromatic N) is 4. The average Bonchev–Trinajstić information content (AvgIpc) is 3.04. The fraction of sp³-hybridized carbons (Fsp3) is 0.350. The third kappa shape index (κ3) is 3.98. The number of imidazole rings is 1. The molecule has 0 saturated heterocycles. The van der Waals surface area contributed by atoms with E-state index in [0.29, 0.717) is 30.5 Å². The molecule has 0 amide bonds. The minimum atomic E-state index is -0.418. The van der Waals surface area contributed by atoms with Crippen molar-refractivity contribution in [1.82, 2.24) is 19.7 Å². The molecule has 1 N–H and O–H groups in total. The summed E-state index contributed by atoms with van der Waals surface area (Å²) in [7, 11) is 0. The van der Waals surface area contributed by atoms with E-state index in [1.165, 1.54) is 12.1 Å². The van der Waals surface area contributed by atoms with Gasteiger partial charge in [-0.25, -0.2) is 9.49 Å². The second kappa shape index (κ2) is 8.24. The molecular formula is C20H21ClFN5O2. The summed E-state index contributed by atoms with van der Waals surface area (Å²) >= 11 is 6.17. The summed E-state index contributed by atoms with van der Waals surface area (Å²) in [6.07, 6.45) is 4.29. The van der Waals surface area contributed by atoms with Crippen LogP contribution in [0.4, 0.5) is 10.1 Å². The Labute approximate surface area is 172 Å². The predicted octanol–water partition coefficient (Wildman–Crippen LogP) is 3.91. The van der Waals surface area contributed by atoms with E-state index in [1.807, 2.05) is 4.90 Å². The normalized spacial score (nSPS) is 13.4. The third-order valence-electron chi connectivity index (χ3n) is 4.94. The topological polar surface area (TPSA) is 76.0 Å². The minimum absolute atomic E-state index is 0.116. The first-order valence-electron chi connectivity index (χ1n) is 9.56. The van der Waals surface area contributed by atoms with E-state index >= 15 is 0 Å². The molecule has 3 heterocycles. The summed E-state index contributed by atoms with van der Waals surface area (Å²) in [4.78, 5) is 18.5. The van der Waals surface area contributed by atoms with Crippen LogP contribution in [-0.4, -0.2) is 26.3 Å². The molecule has 1 aromatic carbocycles. The number of hydrogen-bond donors (Lipinski definition) is 1. The van der Waals surface area contributed by atoms with Crippen LogP contribution >= 0.6 is 11.6 Å². The van der Waals surface area contributed by atoms with Crippen molar-refractivity contribution in [2.75, 3.05) is 11.4 Å². The lowest BCUT2D eigenvalue weighted by atomic mass is 10.1. The highest BCUT2D eigenvalue weighted by atomic mass is 35.5. The van der Waals surface area contributed by atoms with Crippen molar-refractivity contribution in [1.29, 1.82) is 0 Å². The minimum Gasteiger partial charge on any atom is -0.425 e. The van der Waals surface area contributed by atoms with E-state index in [-0.39, 0.29) is 10.8 Å². The van der Waals surface area contributed by atoms with Gasteiger partial charge in [0.25, 0.3) is 5.56 Å². The van der Waals surface area contributed by atoms with Gasteiger partial charge in [0.1, 0.15) is 16.6 Å². The van der Waals surface area contributed by atoms with Gasteiger partial charge in [-0.3, -0.25) is 9.36 Å². The van der Waals surface area contributed by atoms with Gasteiger partial charge in [0.15, 0.2) is 0 Å². The molecule has 4 rings (SSSR count). The van der Waals surface area contributed by atoms with E-state index < -0.39 is 5.56 Å². The Morgan fingerprint density at radius 1 is 1.38 bits per heavy atom. The van der Waals surface area contributed by atoms with E-state index in [2.05, 4.69) is 26.7 Å². The van der Waals surface area contributed by atoms with E-state index in [4.69, 9.17) is 16.3 Å². The number of anilines is 1. The monoisotopic (exact) mass is 417 g/mol. The maximum Gasteiger partial charge on any atom is 0.302 e. The Kier molecular flexibility index (Phi) is 5.53. The first kappa shape index (κ1) is 19.4. The van der Waals surface area contributed by atoms with Crippen molar-refractivity contribution in [2.24, 2.45) is 0 Å². The first-order chi connectivity index (χ1) is 14.1. The number of unbranched alkanes of at least 4 members (excludes halogenated alkanes) is 1. The van der Waals surface area contributed by atoms with Crippen molar-refractivity contribution in [3.8, 4) is 11.8 Å².